The molecule has 0 fully saturated rings. The molecule has 1 aliphatic rings. The van der Waals surface area contributed by atoms with E-state index in [1.54, 1.807) is 17.5 Å². The Hall–Kier alpha value is -3.13. The van der Waals surface area contributed by atoms with Crippen molar-refractivity contribution in [2.24, 2.45) is 0 Å². The largest absolute Gasteiger partial charge is 0.490 e. The van der Waals surface area contributed by atoms with Crippen LogP contribution in [0.25, 0.3) is 21.7 Å². The van der Waals surface area contributed by atoms with Crippen LogP contribution in [-0.2, 0) is 0 Å². The van der Waals surface area contributed by atoms with Gasteiger partial charge in [0, 0.05) is 12.2 Å². The van der Waals surface area contributed by atoms with Gasteiger partial charge in [-0.15, -0.1) is 11.3 Å². The molecule has 3 N–H and O–H groups in total. The highest BCUT2D eigenvalue weighted by Gasteiger charge is 2.14. The van der Waals surface area contributed by atoms with Crippen LogP contribution >= 0.6 is 11.3 Å². The first-order chi connectivity index (χ1) is 12.4. The summed E-state index contributed by atoms with van der Waals surface area (Å²) in [5, 5.41) is 15.8. The number of ether oxygens (including phenoxy) is 1. The van der Waals surface area contributed by atoms with E-state index in [1.165, 1.54) is 0 Å². The maximum Gasteiger partial charge on any atom is 0.172 e. The molecule has 0 amide bonds. The lowest BCUT2D eigenvalue weighted by molar-refractivity contribution is 0.323. The lowest BCUT2D eigenvalue weighted by Gasteiger charge is -2.20. The zero-order chi connectivity index (χ0) is 16.6. The highest BCUT2D eigenvalue weighted by Crippen LogP contribution is 2.33. The number of anilines is 3. The van der Waals surface area contributed by atoms with Gasteiger partial charge in [-0.05, 0) is 29.6 Å². The van der Waals surface area contributed by atoms with Crippen molar-refractivity contribution in [3.63, 3.8) is 0 Å². The van der Waals surface area contributed by atoms with E-state index in [0.29, 0.717) is 18.2 Å². The quantitative estimate of drug-likeness (QED) is 0.523. The number of hydrogen-bond acceptors (Lipinski definition) is 7. The van der Waals surface area contributed by atoms with E-state index in [0.717, 1.165) is 39.6 Å². The molecule has 25 heavy (non-hydrogen) atoms. The molecule has 0 unspecified atom stereocenters. The predicted octanol–water partition coefficient (Wildman–Crippen LogP) is 3.63. The Bertz CT molecular complexity index is 1040. The normalized spacial score (nSPS) is 13.1. The molecule has 4 heterocycles. The van der Waals surface area contributed by atoms with Crippen molar-refractivity contribution in [2.75, 3.05) is 23.8 Å². The Labute approximate surface area is 147 Å². The maximum atomic E-state index is 5.62. The number of thiophene rings is 1. The highest BCUT2D eigenvalue weighted by atomic mass is 32.1. The molecule has 0 saturated heterocycles. The van der Waals surface area contributed by atoms with Crippen molar-refractivity contribution in [3.05, 3.63) is 41.9 Å². The summed E-state index contributed by atoms with van der Waals surface area (Å²) >= 11 is 1.61. The average Bonchev–Trinajstić information content (AvgIpc) is 3.33. The van der Waals surface area contributed by atoms with E-state index in [4.69, 9.17) is 4.74 Å². The standard InChI is InChI=1S/C17H14N6OS/c1-2-14(25-7-1)16-21-12-9-19-23-15(12)17(22-16)20-10-3-4-13-11(8-10)18-5-6-24-13/h1-4,7-9,18H,5-6H2,(H,19,23)(H,20,21,22). The molecule has 8 heteroatoms. The van der Waals surface area contributed by atoms with E-state index in [-0.39, 0.29) is 0 Å². The summed E-state index contributed by atoms with van der Waals surface area (Å²) in [6.07, 6.45) is 1.71. The lowest BCUT2D eigenvalue weighted by atomic mass is 10.2. The van der Waals surface area contributed by atoms with Gasteiger partial charge in [-0.2, -0.15) is 5.10 Å². The third kappa shape index (κ3) is 2.56. The minimum atomic E-state index is 0.685. The van der Waals surface area contributed by atoms with Crippen molar-refractivity contribution in [3.8, 4) is 16.5 Å². The SMILES string of the molecule is c1csc(-c2nc(Nc3ccc4c(c3)NCCO4)c3[nH]ncc3n2)c1. The number of benzene rings is 1. The number of rotatable bonds is 3. The Morgan fingerprint density at radius 3 is 3.12 bits per heavy atom. The molecule has 0 saturated carbocycles. The van der Waals surface area contributed by atoms with E-state index in [9.17, 15) is 0 Å². The van der Waals surface area contributed by atoms with Gasteiger partial charge in [0.05, 0.1) is 16.8 Å². The summed E-state index contributed by atoms with van der Waals surface area (Å²) in [5.74, 6) is 2.25. The van der Waals surface area contributed by atoms with Gasteiger partial charge in [-0.25, -0.2) is 9.97 Å². The second-order valence-corrected chi connectivity index (χ2v) is 6.56. The van der Waals surface area contributed by atoms with Crippen molar-refractivity contribution in [1.29, 1.82) is 0 Å². The van der Waals surface area contributed by atoms with Crippen LogP contribution in [0, 0.1) is 0 Å². The number of aromatic nitrogens is 4. The fourth-order valence-corrected chi connectivity index (χ4v) is 3.46. The molecule has 5 rings (SSSR count). The molecule has 3 aromatic heterocycles. The summed E-state index contributed by atoms with van der Waals surface area (Å²) in [7, 11) is 0. The fraction of sp³-hybridized carbons (Fsp3) is 0.118. The van der Waals surface area contributed by atoms with Crippen LogP contribution in [0.4, 0.5) is 17.2 Å². The van der Waals surface area contributed by atoms with Crippen LogP contribution in [-0.4, -0.2) is 33.3 Å². The third-order valence-corrected chi connectivity index (χ3v) is 4.82. The van der Waals surface area contributed by atoms with Gasteiger partial charge < -0.3 is 15.4 Å². The molecule has 0 radical (unpaired) electrons. The van der Waals surface area contributed by atoms with Crippen LogP contribution < -0.4 is 15.4 Å². The van der Waals surface area contributed by atoms with Gasteiger partial charge >= 0.3 is 0 Å². The first-order valence-corrected chi connectivity index (χ1v) is 8.77. The van der Waals surface area contributed by atoms with Gasteiger partial charge in [0.25, 0.3) is 0 Å². The monoisotopic (exact) mass is 350 g/mol. The fourth-order valence-electron chi connectivity index (χ4n) is 2.80. The Balaban J connectivity index is 1.57. The average molecular weight is 350 g/mol. The van der Waals surface area contributed by atoms with Gasteiger partial charge in [0.1, 0.15) is 23.4 Å². The topological polar surface area (TPSA) is 87.8 Å². The van der Waals surface area contributed by atoms with Gasteiger partial charge in [0.2, 0.25) is 0 Å². The van der Waals surface area contributed by atoms with Gasteiger partial charge in [-0.1, -0.05) is 6.07 Å². The highest BCUT2D eigenvalue weighted by molar-refractivity contribution is 7.13. The summed E-state index contributed by atoms with van der Waals surface area (Å²) in [6, 6.07) is 9.95. The number of nitrogens with zero attached hydrogens (tertiary/aromatic N) is 3. The minimum absolute atomic E-state index is 0.685. The predicted molar refractivity (Wildman–Crippen MR) is 98.7 cm³/mol. The maximum absolute atomic E-state index is 5.62. The molecule has 124 valence electrons. The molecular weight excluding hydrogens is 336 g/mol. The molecule has 4 aromatic rings. The van der Waals surface area contributed by atoms with Gasteiger partial charge in [0.15, 0.2) is 11.6 Å². The van der Waals surface area contributed by atoms with Crippen molar-refractivity contribution in [1.82, 2.24) is 20.2 Å². The first kappa shape index (κ1) is 14.2. The number of fused-ring (bicyclic) bond motifs is 2. The summed E-state index contributed by atoms with van der Waals surface area (Å²) < 4.78 is 5.62. The van der Waals surface area contributed by atoms with Crippen LogP contribution in [0.1, 0.15) is 0 Å². The van der Waals surface area contributed by atoms with Gasteiger partial charge in [-0.3, -0.25) is 5.10 Å². The Morgan fingerprint density at radius 1 is 1.20 bits per heavy atom. The van der Waals surface area contributed by atoms with Crippen molar-refractivity contribution < 1.29 is 4.74 Å². The lowest BCUT2D eigenvalue weighted by Crippen LogP contribution is -2.17. The van der Waals surface area contributed by atoms with Crippen molar-refractivity contribution >= 4 is 39.6 Å². The molecule has 0 bridgehead atoms. The second-order valence-electron chi connectivity index (χ2n) is 5.61. The Kier molecular flexibility index (Phi) is 3.27. The van der Waals surface area contributed by atoms with E-state index in [2.05, 4.69) is 30.8 Å². The van der Waals surface area contributed by atoms with Crippen molar-refractivity contribution in [2.45, 2.75) is 0 Å². The zero-order valence-corrected chi connectivity index (χ0v) is 13.9. The Morgan fingerprint density at radius 2 is 2.20 bits per heavy atom. The number of aromatic amines is 1. The summed E-state index contributed by atoms with van der Waals surface area (Å²) in [5.41, 5.74) is 3.45. The number of H-pyrrole nitrogens is 1. The molecule has 0 atom stereocenters. The van der Waals surface area contributed by atoms with Crippen LogP contribution in [0.5, 0.6) is 5.75 Å². The number of hydrogen-bond donors (Lipinski definition) is 3. The van der Waals surface area contributed by atoms with Crippen LogP contribution in [0.3, 0.4) is 0 Å². The smallest absolute Gasteiger partial charge is 0.172 e. The molecule has 1 aliphatic heterocycles. The summed E-state index contributed by atoms with van der Waals surface area (Å²) in [6.45, 7) is 1.49. The minimum Gasteiger partial charge on any atom is -0.490 e. The van der Waals surface area contributed by atoms with Crippen LogP contribution in [0.15, 0.2) is 41.9 Å². The molecule has 0 aliphatic carbocycles. The summed E-state index contributed by atoms with van der Waals surface area (Å²) in [4.78, 5) is 10.3. The molecule has 7 nitrogen and oxygen atoms in total. The molecule has 1 aromatic carbocycles. The van der Waals surface area contributed by atoms with E-state index in [1.807, 2.05) is 35.7 Å². The molecular formula is C17H14N6OS. The zero-order valence-electron chi connectivity index (χ0n) is 13.1. The third-order valence-electron chi connectivity index (χ3n) is 3.96. The number of nitrogens with one attached hydrogen (secondary N) is 3. The van der Waals surface area contributed by atoms with E-state index < -0.39 is 0 Å². The first-order valence-electron chi connectivity index (χ1n) is 7.89. The van der Waals surface area contributed by atoms with E-state index >= 15 is 0 Å². The molecule has 0 spiro atoms. The second kappa shape index (κ2) is 5.75. The van der Waals surface area contributed by atoms with Crippen LogP contribution in [0.2, 0.25) is 0 Å².